The van der Waals surface area contributed by atoms with Gasteiger partial charge in [-0.05, 0) is 12.1 Å². The van der Waals surface area contributed by atoms with Crippen molar-refractivity contribution in [3.63, 3.8) is 0 Å². The molecule has 6 nitrogen and oxygen atoms in total. The van der Waals surface area contributed by atoms with Crippen molar-refractivity contribution < 1.29 is 4.79 Å². The molecule has 84 valence electrons. The molecule has 0 saturated heterocycles. The molecule has 0 unspecified atom stereocenters. The van der Waals surface area contributed by atoms with E-state index in [2.05, 4.69) is 20.7 Å². The van der Waals surface area contributed by atoms with Gasteiger partial charge in [0.1, 0.15) is 0 Å². The van der Waals surface area contributed by atoms with Crippen molar-refractivity contribution in [1.82, 2.24) is 19.9 Å². The van der Waals surface area contributed by atoms with Gasteiger partial charge in [-0.2, -0.15) is 4.98 Å². The third-order valence-electron chi connectivity index (χ3n) is 2.02. The predicted molar refractivity (Wildman–Crippen MR) is 60.2 cm³/mol. The number of carbonyl (C=O) groups is 1. The molecule has 0 fully saturated rings. The second kappa shape index (κ2) is 4.61. The van der Waals surface area contributed by atoms with Crippen molar-refractivity contribution in [3.05, 3.63) is 24.4 Å². The molecule has 1 amide bonds. The molecular formula is C10H13N5O. The van der Waals surface area contributed by atoms with Crippen LogP contribution in [0.2, 0.25) is 0 Å². The maximum Gasteiger partial charge on any atom is 0.243 e. The predicted octanol–water partition coefficient (Wildman–Crippen LogP) is 0.277. The van der Waals surface area contributed by atoms with E-state index in [0.717, 1.165) is 5.65 Å². The monoisotopic (exact) mass is 219 g/mol. The van der Waals surface area contributed by atoms with E-state index in [-0.39, 0.29) is 5.91 Å². The molecule has 2 heterocycles. The lowest BCUT2D eigenvalue weighted by Crippen LogP contribution is -2.26. The van der Waals surface area contributed by atoms with Crippen molar-refractivity contribution in [1.29, 1.82) is 0 Å². The summed E-state index contributed by atoms with van der Waals surface area (Å²) in [4.78, 5) is 14.9. The standard InChI is InChI=1S/C10H13N5O/c1-8(16)11-5-6-12-10-13-9-4-2-3-7-15(9)14-10/h2-4,7H,5-6H2,1H3,(H,11,16)(H,12,14). The Balaban J connectivity index is 1.92. The normalized spacial score (nSPS) is 10.3. The van der Waals surface area contributed by atoms with Gasteiger partial charge in [0.2, 0.25) is 11.9 Å². The van der Waals surface area contributed by atoms with E-state index >= 15 is 0 Å². The highest BCUT2D eigenvalue weighted by atomic mass is 16.1. The van der Waals surface area contributed by atoms with E-state index in [1.165, 1.54) is 6.92 Å². The maximum atomic E-state index is 10.6. The van der Waals surface area contributed by atoms with Gasteiger partial charge in [-0.3, -0.25) is 4.79 Å². The Morgan fingerprint density at radius 1 is 1.44 bits per heavy atom. The quantitative estimate of drug-likeness (QED) is 0.724. The van der Waals surface area contributed by atoms with Crippen molar-refractivity contribution in [2.75, 3.05) is 18.4 Å². The summed E-state index contributed by atoms with van der Waals surface area (Å²) >= 11 is 0. The first-order valence-electron chi connectivity index (χ1n) is 5.05. The molecule has 0 radical (unpaired) electrons. The summed E-state index contributed by atoms with van der Waals surface area (Å²) in [5.74, 6) is 0.529. The van der Waals surface area contributed by atoms with Crippen LogP contribution in [-0.2, 0) is 4.79 Å². The fourth-order valence-electron chi connectivity index (χ4n) is 1.32. The first kappa shape index (κ1) is 10.4. The molecular weight excluding hydrogens is 206 g/mol. The summed E-state index contributed by atoms with van der Waals surface area (Å²) in [5, 5.41) is 9.93. The highest BCUT2D eigenvalue weighted by Gasteiger charge is 2.00. The van der Waals surface area contributed by atoms with Crippen molar-refractivity contribution in [3.8, 4) is 0 Å². The number of rotatable bonds is 4. The zero-order chi connectivity index (χ0) is 11.4. The van der Waals surface area contributed by atoms with Crippen LogP contribution in [0.4, 0.5) is 5.95 Å². The van der Waals surface area contributed by atoms with Crippen LogP contribution in [-0.4, -0.2) is 33.6 Å². The summed E-state index contributed by atoms with van der Waals surface area (Å²) in [6, 6.07) is 5.68. The van der Waals surface area contributed by atoms with Gasteiger partial charge in [0.25, 0.3) is 0 Å². The Hall–Kier alpha value is -2.11. The summed E-state index contributed by atoms with van der Waals surface area (Å²) in [7, 11) is 0. The number of fused-ring (bicyclic) bond motifs is 1. The third kappa shape index (κ3) is 2.47. The Morgan fingerprint density at radius 3 is 3.06 bits per heavy atom. The van der Waals surface area contributed by atoms with Gasteiger partial charge >= 0.3 is 0 Å². The minimum Gasteiger partial charge on any atom is -0.355 e. The van der Waals surface area contributed by atoms with Crippen LogP contribution in [0.25, 0.3) is 5.65 Å². The van der Waals surface area contributed by atoms with Crippen LogP contribution in [0.5, 0.6) is 0 Å². The number of hydrogen-bond acceptors (Lipinski definition) is 4. The van der Waals surface area contributed by atoms with Crippen LogP contribution >= 0.6 is 0 Å². The van der Waals surface area contributed by atoms with E-state index < -0.39 is 0 Å². The Labute approximate surface area is 92.7 Å². The maximum absolute atomic E-state index is 10.6. The van der Waals surface area contributed by atoms with Crippen LogP contribution in [0, 0.1) is 0 Å². The fourth-order valence-corrected chi connectivity index (χ4v) is 1.32. The lowest BCUT2D eigenvalue weighted by atomic mass is 10.5. The largest absolute Gasteiger partial charge is 0.355 e. The topological polar surface area (TPSA) is 71.3 Å². The third-order valence-corrected chi connectivity index (χ3v) is 2.02. The molecule has 16 heavy (non-hydrogen) atoms. The van der Waals surface area contributed by atoms with Crippen molar-refractivity contribution in [2.24, 2.45) is 0 Å². The van der Waals surface area contributed by atoms with E-state index in [4.69, 9.17) is 0 Å². The number of nitrogens with zero attached hydrogens (tertiary/aromatic N) is 3. The van der Waals surface area contributed by atoms with Crippen molar-refractivity contribution in [2.45, 2.75) is 6.92 Å². The highest BCUT2D eigenvalue weighted by Crippen LogP contribution is 2.03. The molecule has 0 atom stereocenters. The molecule has 0 aliphatic rings. The minimum atomic E-state index is -0.0373. The van der Waals surface area contributed by atoms with Gasteiger partial charge in [-0.15, -0.1) is 5.10 Å². The summed E-state index contributed by atoms with van der Waals surface area (Å²) in [6.45, 7) is 2.66. The van der Waals surface area contributed by atoms with E-state index in [9.17, 15) is 4.79 Å². The molecule has 2 aromatic rings. The smallest absolute Gasteiger partial charge is 0.243 e. The Bertz CT molecular complexity index is 460. The van der Waals surface area contributed by atoms with E-state index in [0.29, 0.717) is 19.0 Å². The molecule has 0 bridgehead atoms. The van der Waals surface area contributed by atoms with Gasteiger partial charge in [0, 0.05) is 26.2 Å². The number of hydrogen-bond donors (Lipinski definition) is 2. The molecule has 2 N–H and O–H groups in total. The molecule has 0 aromatic carbocycles. The van der Waals surface area contributed by atoms with Gasteiger partial charge in [0.15, 0.2) is 5.65 Å². The molecule has 0 saturated carbocycles. The van der Waals surface area contributed by atoms with E-state index in [1.807, 2.05) is 24.4 Å². The van der Waals surface area contributed by atoms with Gasteiger partial charge in [0.05, 0.1) is 0 Å². The number of carbonyl (C=O) groups excluding carboxylic acids is 1. The Kier molecular flexibility index (Phi) is 3.00. The van der Waals surface area contributed by atoms with Crippen LogP contribution < -0.4 is 10.6 Å². The second-order valence-electron chi connectivity index (χ2n) is 3.35. The van der Waals surface area contributed by atoms with Crippen LogP contribution in [0.3, 0.4) is 0 Å². The number of amides is 1. The molecule has 6 heteroatoms. The lowest BCUT2D eigenvalue weighted by Gasteiger charge is -2.01. The summed E-state index contributed by atoms with van der Waals surface area (Å²) in [6.07, 6.45) is 1.83. The molecule has 0 aliphatic carbocycles. The first-order chi connectivity index (χ1) is 7.75. The second-order valence-corrected chi connectivity index (χ2v) is 3.35. The van der Waals surface area contributed by atoms with Crippen molar-refractivity contribution >= 4 is 17.5 Å². The summed E-state index contributed by atoms with van der Waals surface area (Å²) < 4.78 is 1.70. The zero-order valence-electron chi connectivity index (χ0n) is 8.97. The fraction of sp³-hybridized carbons (Fsp3) is 0.300. The molecule has 2 rings (SSSR count). The van der Waals surface area contributed by atoms with Gasteiger partial charge < -0.3 is 10.6 Å². The molecule has 2 aromatic heterocycles. The van der Waals surface area contributed by atoms with Gasteiger partial charge in [-0.25, -0.2) is 4.52 Å². The minimum absolute atomic E-state index is 0.0373. The highest BCUT2D eigenvalue weighted by molar-refractivity contribution is 5.72. The lowest BCUT2D eigenvalue weighted by molar-refractivity contribution is -0.118. The van der Waals surface area contributed by atoms with Gasteiger partial charge in [-0.1, -0.05) is 6.07 Å². The average Bonchev–Trinajstić information content (AvgIpc) is 2.66. The number of anilines is 1. The number of aromatic nitrogens is 3. The zero-order valence-corrected chi connectivity index (χ0v) is 8.97. The van der Waals surface area contributed by atoms with Crippen LogP contribution in [0.15, 0.2) is 24.4 Å². The van der Waals surface area contributed by atoms with E-state index in [1.54, 1.807) is 4.52 Å². The Morgan fingerprint density at radius 2 is 2.31 bits per heavy atom. The first-order valence-corrected chi connectivity index (χ1v) is 5.05. The average molecular weight is 219 g/mol. The number of nitrogens with one attached hydrogen (secondary N) is 2. The SMILES string of the molecule is CC(=O)NCCNc1nc2ccccn2n1. The molecule has 0 aliphatic heterocycles. The molecule has 0 spiro atoms. The van der Waals surface area contributed by atoms with Crippen LogP contribution in [0.1, 0.15) is 6.92 Å². The summed E-state index contributed by atoms with van der Waals surface area (Å²) in [5.41, 5.74) is 0.796. The number of pyridine rings is 1.